The molecule has 0 bridgehead atoms. The first-order valence-electron chi connectivity index (χ1n) is 11.8. The molecule has 0 saturated heterocycles. The molecule has 0 aromatic heterocycles. The van der Waals surface area contributed by atoms with E-state index in [-0.39, 0.29) is 0 Å². The van der Waals surface area contributed by atoms with Gasteiger partial charge in [0.2, 0.25) is 0 Å². The van der Waals surface area contributed by atoms with E-state index in [0.29, 0.717) is 41.0 Å². The molecule has 8 heteroatoms. The first-order valence-corrected chi connectivity index (χ1v) is 12.2. The summed E-state index contributed by atoms with van der Waals surface area (Å²) in [5.41, 5.74) is 6.43. The summed E-state index contributed by atoms with van der Waals surface area (Å²) in [5.74, 6) is -0.794. The Labute approximate surface area is 216 Å². The van der Waals surface area contributed by atoms with Crippen molar-refractivity contribution in [2.45, 2.75) is 40.2 Å². The number of nitrogens with one attached hydrogen (secondary N) is 2. The van der Waals surface area contributed by atoms with E-state index in [1.165, 1.54) is 6.21 Å². The Kier molecular flexibility index (Phi) is 9.89. The normalized spacial score (nSPS) is 10.8. The van der Waals surface area contributed by atoms with Crippen molar-refractivity contribution in [3.05, 3.63) is 87.9 Å². The molecule has 0 atom stereocenters. The zero-order valence-corrected chi connectivity index (χ0v) is 21.4. The molecule has 0 heterocycles. The lowest BCUT2D eigenvalue weighted by Gasteiger charge is -2.14. The van der Waals surface area contributed by atoms with Crippen molar-refractivity contribution in [3.8, 4) is 11.5 Å². The van der Waals surface area contributed by atoms with Gasteiger partial charge in [0.05, 0.1) is 17.8 Å². The highest BCUT2D eigenvalue weighted by atomic mass is 35.5. The van der Waals surface area contributed by atoms with Crippen molar-refractivity contribution in [3.63, 3.8) is 0 Å². The Morgan fingerprint density at radius 1 is 0.917 bits per heavy atom. The van der Waals surface area contributed by atoms with Crippen LogP contribution in [0.15, 0.2) is 65.8 Å². The highest BCUT2D eigenvalue weighted by Gasteiger charge is 2.17. The number of anilines is 1. The van der Waals surface area contributed by atoms with Crippen LogP contribution >= 0.6 is 11.6 Å². The van der Waals surface area contributed by atoms with Crippen molar-refractivity contribution in [2.75, 3.05) is 11.9 Å². The largest absolute Gasteiger partial charge is 0.490 e. The van der Waals surface area contributed by atoms with Crippen molar-refractivity contribution in [2.24, 2.45) is 5.10 Å². The average Bonchev–Trinajstić information content (AvgIpc) is 2.89. The Morgan fingerprint density at radius 3 is 2.25 bits per heavy atom. The number of amides is 2. The van der Waals surface area contributed by atoms with Gasteiger partial charge in [0.15, 0.2) is 11.5 Å². The van der Waals surface area contributed by atoms with Crippen LogP contribution in [0.5, 0.6) is 11.5 Å². The fourth-order valence-electron chi connectivity index (χ4n) is 3.58. The predicted molar refractivity (Wildman–Crippen MR) is 143 cm³/mol. The highest BCUT2D eigenvalue weighted by Crippen LogP contribution is 2.37. The lowest BCUT2D eigenvalue weighted by molar-refractivity contribution is -0.136. The van der Waals surface area contributed by atoms with E-state index in [4.69, 9.17) is 21.1 Å². The third-order valence-electron chi connectivity index (χ3n) is 5.38. The van der Waals surface area contributed by atoms with E-state index in [0.717, 1.165) is 29.5 Å². The number of halogens is 1. The summed E-state index contributed by atoms with van der Waals surface area (Å²) in [4.78, 5) is 24.8. The van der Waals surface area contributed by atoms with Crippen LogP contribution in [0, 0.1) is 0 Å². The molecule has 0 spiro atoms. The first kappa shape index (κ1) is 26.8. The van der Waals surface area contributed by atoms with Gasteiger partial charge < -0.3 is 14.8 Å². The van der Waals surface area contributed by atoms with E-state index in [1.54, 1.807) is 12.1 Å². The van der Waals surface area contributed by atoms with E-state index < -0.39 is 11.8 Å². The number of hydrazone groups is 1. The summed E-state index contributed by atoms with van der Waals surface area (Å²) in [6, 6.07) is 18.9. The fraction of sp³-hybridized carbons (Fsp3) is 0.250. The standard InChI is InChI=1S/C28H30ClN3O4/c1-4-21-13-10-14-22(5-2)25(21)31-27(33)28(34)32-30-17-20-15-23(29)26(24(16-20)35-6-3)36-18-19-11-8-7-9-12-19/h7-17H,4-6,18H2,1-3H3,(H,31,33)(H,32,34)/b30-17-. The minimum Gasteiger partial charge on any atom is -0.490 e. The first-order chi connectivity index (χ1) is 17.5. The van der Waals surface area contributed by atoms with Gasteiger partial charge in [0.25, 0.3) is 0 Å². The van der Waals surface area contributed by atoms with Gasteiger partial charge in [-0.2, -0.15) is 5.10 Å². The minimum absolute atomic E-state index is 0.333. The fourth-order valence-corrected chi connectivity index (χ4v) is 3.86. The lowest BCUT2D eigenvalue weighted by atomic mass is 10.0. The molecule has 3 rings (SSSR count). The van der Waals surface area contributed by atoms with Crippen LogP contribution in [-0.2, 0) is 29.0 Å². The molecule has 3 aromatic rings. The van der Waals surface area contributed by atoms with Gasteiger partial charge in [-0.1, -0.05) is 74.0 Å². The Balaban J connectivity index is 1.67. The topological polar surface area (TPSA) is 89.0 Å². The molecule has 0 aliphatic rings. The smallest absolute Gasteiger partial charge is 0.329 e. The van der Waals surface area contributed by atoms with Crippen molar-refractivity contribution in [1.29, 1.82) is 0 Å². The van der Waals surface area contributed by atoms with Crippen LogP contribution in [0.3, 0.4) is 0 Å². The summed E-state index contributed by atoms with van der Waals surface area (Å²) in [6.45, 7) is 6.59. The molecular weight excluding hydrogens is 478 g/mol. The number of aryl methyl sites for hydroxylation is 2. The van der Waals surface area contributed by atoms with Crippen molar-refractivity contribution < 1.29 is 19.1 Å². The number of nitrogens with zero attached hydrogens (tertiary/aromatic N) is 1. The molecule has 188 valence electrons. The summed E-state index contributed by atoms with van der Waals surface area (Å²) >= 11 is 6.46. The Morgan fingerprint density at radius 2 is 1.61 bits per heavy atom. The lowest BCUT2D eigenvalue weighted by Crippen LogP contribution is -2.33. The third kappa shape index (κ3) is 7.09. The Bertz CT molecular complexity index is 1210. The third-order valence-corrected chi connectivity index (χ3v) is 5.66. The molecule has 0 radical (unpaired) electrons. The van der Waals surface area contributed by atoms with Crippen LogP contribution in [0.1, 0.15) is 43.0 Å². The van der Waals surface area contributed by atoms with E-state index in [2.05, 4.69) is 15.8 Å². The maximum absolute atomic E-state index is 12.5. The molecule has 0 saturated carbocycles. The monoisotopic (exact) mass is 507 g/mol. The molecule has 0 aliphatic carbocycles. The maximum Gasteiger partial charge on any atom is 0.329 e. The predicted octanol–water partition coefficient (Wildman–Crippen LogP) is 5.53. The molecule has 2 amide bonds. The molecule has 2 N–H and O–H groups in total. The van der Waals surface area contributed by atoms with Crippen LogP contribution in [0.25, 0.3) is 0 Å². The van der Waals surface area contributed by atoms with Crippen molar-refractivity contribution in [1.82, 2.24) is 5.43 Å². The van der Waals surface area contributed by atoms with Gasteiger partial charge in [-0.15, -0.1) is 0 Å². The second kappa shape index (κ2) is 13.3. The van der Waals surface area contributed by atoms with Gasteiger partial charge in [-0.05, 0) is 54.2 Å². The molecule has 0 aliphatic heterocycles. The van der Waals surface area contributed by atoms with Gasteiger partial charge >= 0.3 is 11.8 Å². The number of hydrogen-bond acceptors (Lipinski definition) is 5. The SMILES string of the molecule is CCOc1cc(/C=N\NC(=O)C(=O)Nc2c(CC)cccc2CC)cc(Cl)c1OCc1ccccc1. The summed E-state index contributed by atoms with van der Waals surface area (Å²) in [7, 11) is 0. The minimum atomic E-state index is -0.877. The summed E-state index contributed by atoms with van der Waals surface area (Å²) in [5, 5.41) is 6.97. The maximum atomic E-state index is 12.5. The molecule has 36 heavy (non-hydrogen) atoms. The second-order valence-corrected chi connectivity index (χ2v) is 8.26. The molecule has 0 fully saturated rings. The van der Waals surface area contributed by atoms with E-state index in [9.17, 15) is 9.59 Å². The van der Waals surface area contributed by atoms with Gasteiger partial charge in [0.1, 0.15) is 6.61 Å². The molecule has 7 nitrogen and oxygen atoms in total. The van der Waals surface area contributed by atoms with E-state index >= 15 is 0 Å². The zero-order valence-electron chi connectivity index (χ0n) is 20.6. The number of carbonyl (C=O) groups excluding carboxylic acids is 2. The van der Waals surface area contributed by atoms with Crippen LogP contribution < -0.4 is 20.2 Å². The van der Waals surface area contributed by atoms with Gasteiger partial charge in [-0.3, -0.25) is 9.59 Å². The van der Waals surface area contributed by atoms with Gasteiger partial charge in [0, 0.05) is 5.69 Å². The number of rotatable bonds is 10. The quantitative estimate of drug-likeness (QED) is 0.214. The van der Waals surface area contributed by atoms with Crippen LogP contribution in [-0.4, -0.2) is 24.6 Å². The van der Waals surface area contributed by atoms with Crippen LogP contribution in [0.2, 0.25) is 5.02 Å². The van der Waals surface area contributed by atoms with Gasteiger partial charge in [-0.25, -0.2) is 5.43 Å². The summed E-state index contributed by atoms with van der Waals surface area (Å²) < 4.78 is 11.6. The number of benzene rings is 3. The zero-order chi connectivity index (χ0) is 25.9. The Hall–Kier alpha value is -3.84. The number of hydrogen-bond donors (Lipinski definition) is 2. The number of para-hydroxylation sites is 1. The van der Waals surface area contributed by atoms with Crippen LogP contribution in [0.4, 0.5) is 5.69 Å². The molecule has 3 aromatic carbocycles. The van der Waals surface area contributed by atoms with Crippen molar-refractivity contribution >= 4 is 35.3 Å². The molecular formula is C28H30ClN3O4. The second-order valence-electron chi connectivity index (χ2n) is 7.85. The average molecular weight is 508 g/mol. The summed E-state index contributed by atoms with van der Waals surface area (Å²) in [6.07, 6.45) is 2.85. The molecule has 0 unspecified atom stereocenters. The number of ether oxygens (including phenoxy) is 2. The number of carbonyl (C=O) groups is 2. The highest BCUT2D eigenvalue weighted by molar-refractivity contribution is 6.39. The van der Waals surface area contributed by atoms with E-state index in [1.807, 2.05) is 69.3 Å².